The molecule has 0 spiro atoms. The highest BCUT2D eigenvalue weighted by Gasteiger charge is 2.37. The van der Waals surface area contributed by atoms with Crippen LogP contribution in [-0.4, -0.2) is 97.8 Å². The third kappa shape index (κ3) is 5.22. The van der Waals surface area contributed by atoms with E-state index in [0.717, 1.165) is 72.9 Å². The number of nitrogens with one attached hydrogen (secondary N) is 2. The number of hydrogen-bond acceptors (Lipinski definition) is 11. The lowest BCUT2D eigenvalue weighted by Gasteiger charge is -2.40. The second-order valence-corrected chi connectivity index (χ2v) is 13.8. The lowest BCUT2D eigenvalue weighted by molar-refractivity contribution is 0.150. The molecule has 0 unspecified atom stereocenters. The molecule has 2 aliphatic heterocycles. The molecule has 1 aliphatic carbocycles. The summed E-state index contributed by atoms with van der Waals surface area (Å²) in [6, 6.07) is 4.60. The molecule has 1 saturated carbocycles. The monoisotopic (exact) mass is 591 g/mol. The van der Waals surface area contributed by atoms with Crippen molar-refractivity contribution in [2.45, 2.75) is 56.9 Å². The van der Waals surface area contributed by atoms with E-state index < -0.39 is 10.0 Å². The average molecular weight is 592 g/mol. The first-order valence-electron chi connectivity index (χ1n) is 14.8. The minimum atomic E-state index is -3.45. The first-order valence-corrected chi connectivity index (χ1v) is 16.3. The Balaban J connectivity index is 1.10. The molecule has 3 aliphatic rings. The van der Waals surface area contributed by atoms with E-state index in [0.29, 0.717) is 41.9 Å². The van der Waals surface area contributed by atoms with Crippen LogP contribution in [-0.2, 0) is 10.0 Å². The van der Waals surface area contributed by atoms with Crippen LogP contribution in [0.4, 0.5) is 17.5 Å². The van der Waals surface area contributed by atoms with E-state index in [1.165, 1.54) is 12.4 Å². The van der Waals surface area contributed by atoms with Crippen molar-refractivity contribution in [2.24, 2.45) is 0 Å². The summed E-state index contributed by atoms with van der Waals surface area (Å²) in [5.41, 5.74) is 1.55. The number of fused-ring (bicyclic) bond motifs is 1. The Labute approximate surface area is 245 Å². The van der Waals surface area contributed by atoms with Crippen LogP contribution in [0.2, 0.25) is 0 Å². The maximum atomic E-state index is 12.5. The fraction of sp³-hybridized carbons (Fsp3) is 0.536. The molecule has 0 radical (unpaired) electrons. The van der Waals surface area contributed by atoms with Gasteiger partial charge in [-0.05, 0) is 45.6 Å². The van der Waals surface area contributed by atoms with E-state index in [-0.39, 0.29) is 11.3 Å². The van der Waals surface area contributed by atoms with Gasteiger partial charge in [0, 0.05) is 69.8 Å². The van der Waals surface area contributed by atoms with Crippen molar-refractivity contribution in [2.75, 3.05) is 49.5 Å². The Hall–Kier alpha value is -3.62. The summed E-state index contributed by atoms with van der Waals surface area (Å²) in [5, 5.41) is 16.6. The Kier molecular flexibility index (Phi) is 7.06. The first kappa shape index (κ1) is 27.2. The molecule has 14 heteroatoms. The molecule has 0 atom stereocenters. The predicted octanol–water partition coefficient (Wildman–Crippen LogP) is 2.62. The Morgan fingerprint density at radius 1 is 1.00 bits per heavy atom. The molecule has 42 heavy (non-hydrogen) atoms. The summed E-state index contributed by atoms with van der Waals surface area (Å²) in [6.07, 6.45) is 10.1. The van der Waals surface area contributed by atoms with Gasteiger partial charge in [0.1, 0.15) is 11.6 Å². The zero-order valence-electron chi connectivity index (χ0n) is 24.0. The molecule has 13 nitrogen and oxygen atoms in total. The Morgan fingerprint density at radius 2 is 1.79 bits per heavy atom. The van der Waals surface area contributed by atoms with Crippen LogP contribution >= 0.6 is 0 Å². The zero-order valence-corrected chi connectivity index (χ0v) is 24.8. The highest BCUT2D eigenvalue weighted by Crippen LogP contribution is 2.33. The predicted molar refractivity (Wildman–Crippen MR) is 161 cm³/mol. The van der Waals surface area contributed by atoms with Gasteiger partial charge >= 0.3 is 0 Å². The van der Waals surface area contributed by atoms with E-state index >= 15 is 0 Å². The van der Waals surface area contributed by atoms with Crippen molar-refractivity contribution >= 4 is 38.4 Å². The van der Waals surface area contributed by atoms with Gasteiger partial charge in [-0.1, -0.05) is 0 Å². The summed E-state index contributed by atoms with van der Waals surface area (Å²) in [5.74, 6) is 2.58. The smallest absolute Gasteiger partial charge is 0.256 e. The van der Waals surface area contributed by atoms with Crippen molar-refractivity contribution in [1.82, 2.24) is 44.1 Å². The van der Waals surface area contributed by atoms with Gasteiger partial charge in [-0.15, -0.1) is 0 Å². The fourth-order valence-corrected chi connectivity index (χ4v) is 7.45. The van der Waals surface area contributed by atoms with Crippen molar-refractivity contribution in [1.29, 1.82) is 0 Å². The van der Waals surface area contributed by atoms with E-state index in [2.05, 4.69) is 54.0 Å². The van der Waals surface area contributed by atoms with Gasteiger partial charge in [-0.3, -0.25) is 9.58 Å². The van der Waals surface area contributed by atoms with Crippen molar-refractivity contribution < 1.29 is 8.42 Å². The summed E-state index contributed by atoms with van der Waals surface area (Å²) in [6.45, 7) is 10.7. The van der Waals surface area contributed by atoms with Crippen LogP contribution in [0.3, 0.4) is 0 Å². The minimum absolute atomic E-state index is 0.184. The number of piperazine rings is 1. The molecule has 0 amide bonds. The lowest BCUT2D eigenvalue weighted by atomic mass is 10.0. The third-order valence-electron chi connectivity index (χ3n) is 8.43. The Bertz CT molecular complexity index is 1680. The second-order valence-electron chi connectivity index (χ2n) is 11.7. The molecular formula is C28H37N11O2S. The van der Waals surface area contributed by atoms with Crippen LogP contribution < -0.4 is 15.5 Å². The van der Waals surface area contributed by atoms with E-state index in [1.54, 1.807) is 12.3 Å². The molecule has 0 bridgehead atoms. The topological polar surface area (TPSA) is 139 Å². The SMILES string of the molecule is CC(C)n1nc(N2CCC(N3CCNCC3)CC2)c2cnc(Nc3ccnc(-c4cnn(S(=O)(=O)C5CC5)c4)n3)cc21. The number of anilines is 3. The molecule has 6 heterocycles. The van der Waals surface area contributed by atoms with Gasteiger partial charge in [0.15, 0.2) is 11.6 Å². The molecule has 2 N–H and O–H groups in total. The number of pyridine rings is 1. The van der Waals surface area contributed by atoms with Crippen molar-refractivity contribution in [3.8, 4) is 11.4 Å². The normalized spacial score (nSPS) is 19.2. The molecule has 4 aromatic heterocycles. The molecule has 3 fully saturated rings. The summed E-state index contributed by atoms with van der Waals surface area (Å²) in [4.78, 5) is 18.7. The van der Waals surface area contributed by atoms with Gasteiger partial charge in [0.25, 0.3) is 10.0 Å². The molecule has 0 aromatic carbocycles. The van der Waals surface area contributed by atoms with Crippen LogP contribution in [0.1, 0.15) is 45.6 Å². The van der Waals surface area contributed by atoms with Gasteiger partial charge in [0.2, 0.25) is 0 Å². The average Bonchev–Trinajstić information content (AvgIpc) is 3.63. The number of aromatic nitrogens is 7. The van der Waals surface area contributed by atoms with E-state index in [1.807, 2.05) is 12.3 Å². The number of nitrogens with zero attached hydrogens (tertiary/aromatic N) is 9. The van der Waals surface area contributed by atoms with Crippen molar-refractivity contribution in [3.63, 3.8) is 0 Å². The van der Waals surface area contributed by atoms with Gasteiger partial charge in [-0.2, -0.15) is 14.3 Å². The van der Waals surface area contributed by atoms with Gasteiger partial charge in [0.05, 0.1) is 34.1 Å². The van der Waals surface area contributed by atoms with Gasteiger partial charge in [-0.25, -0.2) is 23.4 Å². The molecule has 222 valence electrons. The van der Waals surface area contributed by atoms with Crippen LogP contribution in [0.15, 0.2) is 36.9 Å². The lowest BCUT2D eigenvalue weighted by Crippen LogP contribution is -2.52. The molecule has 2 saturated heterocycles. The number of hydrogen-bond donors (Lipinski definition) is 2. The summed E-state index contributed by atoms with van der Waals surface area (Å²) in [7, 11) is -3.45. The van der Waals surface area contributed by atoms with Crippen molar-refractivity contribution in [3.05, 3.63) is 36.9 Å². The van der Waals surface area contributed by atoms with E-state index in [4.69, 9.17) is 10.1 Å². The third-order valence-corrected chi connectivity index (χ3v) is 10.5. The number of piperidine rings is 1. The van der Waals surface area contributed by atoms with Crippen LogP contribution in [0.25, 0.3) is 22.3 Å². The summed E-state index contributed by atoms with van der Waals surface area (Å²) >= 11 is 0. The standard InChI is InChI=1S/C28H37N11O2S/c1-19(2)39-24-15-26(31-17-23(24)28(35-39)37-11-6-21(7-12-37)36-13-9-29-10-14-36)33-25-5-8-30-27(34-25)20-16-32-38(18-20)42(40,41)22-3-4-22/h5,8,15-19,21-22,29H,3-4,6-7,9-14H2,1-2H3,(H,30,31,33,34). The highest BCUT2D eigenvalue weighted by atomic mass is 32.2. The quantitative estimate of drug-likeness (QED) is 0.313. The maximum absolute atomic E-state index is 12.5. The summed E-state index contributed by atoms with van der Waals surface area (Å²) < 4.78 is 28.2. The molecule has 7 rings (SSSR count). The minimum Gasteiger partial charge on any atom is -0.354 e. The Morgan fingerprint density at radius 3 is 2.52 bits per heavy atom. The van der Waals surface area contributed by atoms with E-state index in [9.17, 15) is 8.42 Å². The second kappa shape index (κ2) is 10.9. The fourth-order valence-electron chi connectivity index (χ4n) is 5.98. The first-order chi connectivity index (χ1) is 20.4. The van der Waals surface area contributed by atoms with Crippen LogP contribution in [0.5, 0.6) is 0 Å². The van der Waals surface area contributed by atoms with Gasteiger partial charge < -0.3 is 15.5 Å². The largest absolute Gasteiger partial charge is 0.354 e. The maximum Gasteiger partial charge on any atom is 0.256 e. The number of rotatable bonds is 8. The highest BCUT2D eigenvalue weighted by molar-refractivity contribution is 7.90. The molecular weight excluding hydrogens is 554 g/mol. The zero-order chi connectivity index (χ0) is 28.8. The van der Waals surface area contributed by atoms with Crippen LogP contribution in [0, 0.1) is 0 Å². The molecule has 4 aromatic rings.